The lowest BCUT2D eigenvalue weighted by Crippen LogP contribution is -2.76. The summed E-state index contributed by atoms with van der Waals surface area (Å²) in [6.07, 6.45) is -2.82. The second-order valence-corrected chi connectivity index (χ2v) is 12.7. The number of carboxylic acids is 1. The van der Waals surface area contributed by atoms with Crippen LogP contribution in [0.3, 0.4) is 0 Å². The third kappa shape index (κ3) is 4.79. The maximum absolute atomic E-state index is 12.3. The predicted molar refractivity (Wildman–Crippen MR) is 148 cm³/mol. The van der Waals surface area contributed by atoms with Crippen LogP contribution in [0.2, 0.25) is 0 Å². The third-order valence-corrected chi connectivity index (χ3v) is 9.52. The number of phenolic OH excluding ortho intramolecular Hbond substituents is 1. The monoisotopic (exact) mass is 572 g/mol. The summed E-state index contributed by atoms with van der Waals surface area (Å²) in [5.74, 6) is -2.11. The van der Waals surface area contributed by atoms with Gasteiger partial charge in [0.25, 0.3) is 0 Å². The Morgan fingerprint density at radius 3 is 2.49 bits per heavy atom. The van der Waals surface area contributed by atoms with Gasteiger partial charge in [-0.15, -0.1) is 0 Å². The average molecular weight is 573 g/mol. The molecule has 5 rings (SSSR count). The fourth-order valence-corrected chi connectivity index (χ4v) is 7.64. The summed E-state index contributed by atoms with van der Waals surface area (Å²) < 4.78 is 12.1. The van der Waals surface area contributed by atoms with Crippen molar-refractivity contribution in [3.63, 3.8) is 0 Å². The molecule has 1 heterocycles. The van der Waals surface area contributed by atoms with Crippen LogP contribution < -0.4 is 4.74 Å². The first-order valence-corrected chi connectivity index (χ1v) is 14.4. The van der Waals surface area contributed by atoms with Crippen LogP contribution in [0.5, 0.6) is 11.5 Å². The summed E-state index contributed by atoms with van der Waals surface area (Å²) >= 11 is 0. The molecule has 3 fully saturated rings. The second-order valence-electron chi connectivity index (χ2n) is 12.7. The van der Waals surface area contributed by atoms with E-state index in [0.717, 1.165) is 25.3 Å². The number of benzene rings is 2. The number of aromatic hydroxyl groups is 1. The normalized spacial score (nSPS) is 34.9. The molecule has 8 atom stereocenters. The Morgan fingerprint density at radius 1 is 1.15 bits per heavy atom. The highest BCUT2D eigenvalue weighted by Gasteiger charge is 2.69. The van der Waals surface area contributed by atoms with Gasteiger partial charge in [-0.1, -0.05) is 32.8 Å². The van der Waals surface area contributed by atoms with E-state index >= 15 is 0 Å². The molecule has 1 saturated heterocycles. The number of aliphatic hydroxyl groups excluding tert-OH is 2. The molecule has 224 valence electrons. The minimum absolute atomic E-state index is 0.0340. The number of rotatable bonds is 7. The lowest BCUT2D eigenvalue weighted by molar-refractivity contribution is -0.361. The first-order valence-electron chi connectivity index (χ1n) is 14.4. The lowest BCUT2D eigenvalue weighted by Gasteiger charge is -2.59. The smallest absolute Gasteiger partial charge is 0.335 e. The molecule has 2 aromatic rings. The molecule has 2 aliphatic carbocycles. The van der Waals surface area contributed by atoms with Crippen LogP contribution in [0, 0.1) is 24.7 Å². The molecular weight excluding hydrogens is 532 g/mol. The zero-order chi connectivity index (χ0) is 30.0. The topological polar surface area (TPSA) is 174 Å². The van der Waals surface area contributed by atoms with Crippen molar-refractivity contribution in [1.29, 1.82) is 0 Å². The highest BCUT2D eigenvalue weighted by atomic mass is 16.7. The van der Waals surface area contributed by atoms with Gasteiger partial charge in [0.05, 0.1) is 22.1 Å². The molecule has 10 nitrogen and oxygen atoms in total. The number of aromatic carboxylic acids is 1. The first kappa shape index (κ1) is 29.7. The number of aliphatic hydroxyl groups is 4. The molecule has 2 saturated carbocycles. The van der Waals surface area contributed by atoms with Crippen molar-refractivity contribution >= 4 is 22.5 Å². The molecule has 1 aliphatic heterocycles. The van der Waals surface area contributed by atoms with Crippen molar-refractivity contribution in [3.8, 4) is 11.5 Å². The van der Waals surface area contributed by atoms with Crippen LogP contribution in [0.4, 0.5) is 0 Å². The summed E-state index contributed by atoms with van der Waals surface area (Å²) in [5, 5.41) is 67.4. The Labute approximate surface area is 238 Å². The van der Waals surface area contributed by atoms with Crippen molar-refractivity contribution in [3.05, 3.63) is 34.9 Å². The Morgan fingerprint density at radius 2 is 1.85 bits per heavy atom. The van der Waals surface area contributed by atoms with Crippen LogP contribution in [0.15, 0.2) is 18.2 Å². The SMILES string of the molecule is CC(=O)c1c(C)cc2cc(C(=O)O)cc(OC3OC4C(O)(CC(CCC(C)C)C5CCCC54O)C(O)C3O)c2c1O. The number of phenols is 1. The molecule has 0 aromatic heterocycles. The standard InChI is InChI=1S/C31H40O10/c1-14(2)7-8-17-13-31(39)26(35)25(34)28(41-29(31)30(38)9-5-6-20(17)30)40-21-12-19(27(36)37)11-18-10-15(3)22(16(4)32)24(33)23(18)21/h10-12,14,17,20,25-26,28-29,33-35,38-39H,5-9,13H2,1-4H3,(H,36,37). The fraction of sp³-hybridized carbons (Fsp3) is 0.613. The van der Waals surface area contributed by atoms with Crippen molar-refractivity contribution in [2.45, 2.75) is 102 Å². The molecule has 0 spiro atoms. The van der Waals surface area contributed by atoms with Gasteiger partial charge in [-0.25, -0.2) is 4.79 Å². The number of carbonyl (C=O) groups excluding carboxylic acids is 1. The molecule has 2 aromatic carbocycles. The quantitative estimate of drug-likeness (QED) is 0.270. The van der Waals surface area contributed by atoms with E-state index in [1.54, 1.807) is 13.0 Å². The third-order valence-electron chi connectivity index (χ3n) is 9.52. The van der Waals surface area contributed by atoms with Crippen LogP contribution >= 0.6 is 0 Å². The van der Waals surface area contributed by atoms with Gasteiger partial charge < -0.3 is 40.1 Å². The highest BCUT2D eigenvalue weighted by Crippen LogP contribution is 2.57. The summed E-state index contributed by atoms with van der Waals surface area (Å²) in [6, 6.07) is 4.03. The summed E-state index contributed by atoms with van der Waals surface area (Å²) in [7, 11) is 0. The molecule has 8 unspecified atom stereocenters. The minimum Gasteiger partial charge on any atom is -0.506 e. The Bertz CT molecular complexity index is 1370. The zero-order valence-electron chi connectivity index (χ0n) is 23.8. The van der Waals surface area contributed by atoms with Crippen molar-refractivity contribution in [1.82, 2.24) is 0 Å². The number of ether oxygens (including phenoxy) is 2. The second kappa shape index (κ2) is 10.5. The lowest BCUT2D eigenvalue weighted by atomic mass is 9.58. The van der Waals surface area contributed by atoms with Crippen LogP contribution in [0.25, 0.3) is 10.8 Å². The van der Waals surface area contributed by atoms with Gasteiger partial charge in [0.2, 0.25) is 6.29 Å². The summed E-state index contributed by atoms with van der Waals surface area (Å²) in [4.78, 5) is 24.2. The van der Waals surface area contributed by atoms with Gasteiger partial charge in [-0.05, 0) is 80.4 Å². The number of aryl methyl sites for hydroxylation is 1. The number of Topliss-reactive ketones (excluding diaryl/α,β-unsaturated/α-hetero) is 1. The van der Waals surface area contributed by atoms with E-state index in [4.69, 9.17) is 9.47 Å². The predicted octanol–water partition coefficient (Wildman–Crippen LogP) is 3.30. The van der Waals surface area contributed by atoms with Gasteiger partial charge in [0, 0.05) is 0 Å². The van der Waals surface area contributed by atoms with Crippen molar-refractivity contribution < 1.29 is 49.7 Å². The van der Waals surface area contributed by atoms with Crippen molar-refractivity contribution in [2.24, 2.45) is 17.8 Å². The van der Waals surface area contributed by atoms with Gasteiger partial charge in [-0.3, -0.25) is 4.79 Å². The Balaban J connectivity index is 1.56. The molecular formula is C31H40O10. The zero-order valence-corrected chi connectivity index (χ0v) is 23.8. The van der Waals surface area contributed by atoms with E-state index in [0.29, 0.717) is 24.3 Å². The van der Waals surface area contributed by atoms with Gasteiger partial charge in [0.15, 0.2) is 5.78 Å². The average Bonchev–Trinajstić information content (AvgIpc) is 3.28. The van der Waals surface area contributed by atoms with Gasteiger partial charge >= 0.3 is 5.97 Å². The van der Waals surface area contributed by atoms with E-state index < -0.39 is 53.3 Å². The Hall–Kier alpha value is -2.76. The molecule has 0 amide bonds. The molecule has 3 aliphatic rings. The minimum atomic E-state index is -1.94. The number of hydrogen-bond donors (Lipinski definition) is 6. The number of ketones is 1. The first-order chi connectivity index (χ1) is 19.2. The number of carbonyl (C=O) groups is 2. The maximum Gasteiger partial charge on any atom is 0.335 e. The Kier molecular flexibility index (Phi) is 7.61. The molecule has 0 radical (unpaired) electrons. The number of hydrogen-bond acceptors (Lipinski definition) is 9. The van der Waals surface area contributed by atoms with Crippen LogP contribution in [-0.4, -0.2) is 78.2 Å². The van der Waals surface area contributed by atoms with E-state index in [1.807, 2.05) is 0 Å². The van der Waals surface area contributed by atoms with E-state index in [-0.39, 0.29) is 45.9 Å². The molecule has 41 heavy (non-hydrogen) atoms. The van der Waals surface area contributed by atoms with Gasteiger partial charge in [0.1, 0.15) is 35.4 Å². The number of carboxylic acid groups (broad SMARTS) is 1. The molecule has 0 bridgehead atoms. The van der Waals surface area contributed by atoms with Crippen LogP contribution in [-0.2, 0) is 4.74 Å². The summed E-state index contributed by atoms with van der Waals surface area (Å²) in [5.41, 5.74) is -3.11. The number of fused-ring (bicyclic) bond motifs is 4. The van der Waals surface area contributed by atoms with Crippen LogP contribution in [0.1, 0.15) is 85.6 Å². The largest absolute Gasteiger partial charge is 0.506 e. The van der Waals surface area contributed by atoms with E-state index in [1.165, 1.54) is 13.0 Å². The maximum atomic E-state index is 12.3. The van der Waals surface area contributed by atoms with E-state index in [2.05, 4.69) is 13.8 Å². The van der Waals surface area contributed by atoms with E-state index in [9.17, 15) is 40.2 Å². The molecule has 10 heteroatoms. The van der Waals surface area contributed by atoms with Gasteiger partial charge in [-0.2, -0.15) is 0 Å². The van der Waals surface area contributed by atoms with Crippen molar-refractivity contribution in [2.75, 3.05) is 0 Å². The highest BCUT2D eigenvalue weighted by molar-refractivity contribution is 6.08. The summed E-state index contributed by atoms with van der Waals surface area (Å²) in [6.45, 7) is 7.12. The fourth-order valence-electron chi connectivity index (χ4n) is 7.64. The molecule has 6 N–H and O–H groups in total.